The molecule has 0 aliphatic carbocycles. The van der Waals surface area contributed by atoms with Crippen molar-refractivity contribution in [2.24, 2.45) is 5.73 Å². The first-order valence-corrected chi connectivity index (χ1v) is 5.77. The minimum absolute atomic E-state index is 0.363. The molecule has 0 saturated carbocycles. The maximum absolute atomic E-state index is 6.00. The quantitative estimate of drug-likeness (QED) is 0.598. The van der Waals surface area contributed by atoms with E-state index in [1.807, 2.05) is 46.7 Å². The number of nitrogens with two attached hydrogens (primary N) is 1. The molecule has 1 heterocycles. The second-order valence-corrected chi connectivity index (χ2v) is 5.53. The zero-order valence-corrected chi connectivity index (χ0v) is 11.7. The third-order valence-electron chi connectivity index (χ3n) is 3.50. The summed E-state index contributed by atoms with van der Waals surface area (Å²) < 4.78 is 11.9. The summed E-state index contributed by atoms with van der Waals surface area (Å²) in [4.78, 5) is 1.82. The van der Waals surface area contributed by atoms with Gasteiger partial charge in [-0.2, -0.15) is 0 Å². The number of rotatable bonds is 3. The van der Waals surface area contributed by atoms with E-state index in [0.717, 1.165) is 5.47 Å². The second kappa shape index (κ2) is 4.39. The molecule has 0 unspecified atom stereocenters. The average Bonchev–Trinajstić information content (AvgIpc) is 2.36. The van der Waals surface area contributed by atoms with Gasteiger partial charge < -0.3 is 19.9 Å². The smallest absolute Gasteiger partial charge is 0.399 e. The largest absolute Gasteiger partial charge is 0.498 e. The minimum atomic E-state index is -0.458. The van der Waals surface area contributed by atoms with Gasteiger partial charge in [0, 0.05) is 19.6 Å². The topological polar surface area (TPSA) is 47.7 Å². The molecule has 1 rings (SSSR count). The molecule has 0 radical (unpaired) electrons. The zero-order chi connectivity index (χ0) is 13.4. The molecule has 0 spiro atoms. The molecule has 2 N–H and O–H groups in total. The highest BCUT2D eigenvalue weighted by molar-refractivity contribution is 6.55. The van der Waals surface area contributed by atoms with E-state index in [-0.39, 0.29) is 11.2 Å². The Balaban J connectivity index is 3.05. The summed E-state index contributed by atoms with van der Waals surface area (Å²) in [6.45, 7) is 11.8. The fourth-order valence-corrected chi connectivity index (χ4v) is 1.55. The van der Waals surface area contributed by atoms with Crippen LogP contribution in [-0.4, -0.2) is 37.3 Å². The van der Waals surface area contributed by atoms with Crippen molar-refractivity contribution in [2.75, 3.05) is 14.1 Å². The molecule has 0 aromatic heterocycles. The van der Waals surface area contributed by atoms with Gasteiger partial charge in [-0.25, -0.2) is 0 Å². The SMILES string of the molecule is C=C/C(B1OC(C)(C)C(C)(C)O1)=C(/N)N(C)C. The molecule has 17 heavy (non-hydrogen) atoms. The summed E-state index contributed by atoms with van der Waals surface area (Å²) >= 11 is 0. The Morgan fingerprint density at radius 3 is 1.88 bits per heavy atom. The Bertz CT molecular complexity index is 332. The Labute approximate surface area is 105 Å². The molecule has 1 aliphatic rings. The van der Waals surface area contributed by atoms with E-state index >= 15 is 0 Å². The van der Waals surface area contributed by atoms with Crippen molar-refractivity contribution >= 4 is 7.12 Å². The van der Waals surface area contributed by atoms with Gasteiger partial charge in [0.15, 0.2) is 0 Å². The molecule has 0 bridgehead atoms. The maximum atomic E-state index is 6.00. The number of hydrogen-bond donors (Lipinski definition) is 1. The lowest BCUT2D eigenvalue weighted by Gasteiger charge is -2.32. The highest BCUT2D eigenvalue weighted by atomic mass is 16.7. The molecular weight excluding hydrogens is 215 g/mol. The Kier molecular flexibility index (Phi) is 3.65. The summed E-state index contributed by atoms with van der Waals surface area (Å²) in [5.41, 5.74) is 6.05. The lowest BCUT2D eigenvalue weighted by atomic mass is 9.78. The zero-order valence-electron chi connectivity index (χ0n) is 11.7. The normalized spacial score (nSPS) is 23.3. The summed E-state index contributed by atoms with van der Waals surface area (Å²) in [7, 11) is 3.30. The average molecular weight is 238 g/mol. The lowest BCUT2D eigenvalue weighted by molar-refractivity contribution is 0.00578. The van der Waals surface area contributed by atoms with E-state index in [2.05, 4.69) is 6.58 Å². The van der Waals surface area contributed by atoms with Crippen molar-refractivity contribution in [3.63, 3.8) is 0 Å². The van der Waals surface area contributed by atoms with Crippen LogP contribution in [0.5, 0.6) is 0 Å². The molecular formula is C12H23BN2O2. The first-order valence-electron chi connectivity index (χ1n) is 5.77. The monoisotopic (exact) mass is 238 g/mol. The van der Waals surface area contributed by atoms with Crippen molar-refractivity contribution in [2.45, 2.75) is 38.9 Å². The number of nitrogens with zero attached hydrogens (tertiary/aromatic N) is 1. The van der Waals surface area contributed by atoms with Gasteiger partial charge in [-0.05, 0) is 27.7 Å². The molecule has 1 saturated heterocycles. The summed E-state index contributed by atoms with van der Waals surface area (Å²) in [5, 5.41) is 0. The molecule has 1 aliphatic heterocycles. The fraction of sp³-hybridized carbons (Fsp3) is 0.667. The van der Waals surface area contributed by atoms with Crippen LogP contribution in [-0.2, 0) is 9.31 Å². The van der Waals surface area contributed by atoms with Crippen LogP contribution in [0.2, 0.25) is 0 Å². The van der Waals surface area contributed by atoms with Gasteiger partial charge in [0.25, 0.3) is 0 Å². The van der Waals surface area contributed by atoms with Crippen LogP contribution < -0.4 is 5.73 Å². The van der Waals surface area contributed by atoms with Gasteiger partial charge >= 0.3 is 7.12 Å². The molecule has 5 heteroatoms. The fourth-order valence-electron chi connectivity index (χ4n) is 1.55. The lowest BCUT2D eigenvalue weighted by Crippen LogP contribution is -2.41. The Morgan fingerprint density at radius 2 is 1.59 bits per heavy atom. The van der Waals surface area contributed by atoms with Crippen LogP contribution in [0.3, 0.4) is 0 Å². The van der Waals surface area contributed by atoms with Crippen molar-refractivity contribution in [3.05, 3.63) is 23.9 Å². The molecule has 0 atom stereocenters. The predicted molar refractivity (Wildman–Crippen MR) is 71.2 cm³/mol. The molecule has 1 fully saturated rings. The Hall–Kier alpha value is -0.935. The summed E-state index contributed by atoms with van der Waals surface area (Å²) in [5.74, 6) is 0.610. The van der Waals surface area contributed by atoms with E-state index in [1.165, 1.54) is 0 Å². The van der Waals surface area contributed by atoms with E-state index in [0.29, 0.717) is 5.82 Å². The van der Waals surface area contributed by atoms with Crippen LogP contribution in [0.25, 0.3) is 0 Å². The first kappa shape index (κ1) is 14.1. The molecule has 4 nitrogen and oxygen atoms in total. The van der Waals surface area contributed by atoms with Gasteiger partial charge in [0.1, 0.15) is 0 Å². The van der Waals surface area contributed by atoms with E-state index < -0.39 is 7.12 Å². The summed E-state index contributed by atoms with van der Waals surface area (Å²) in [6, 6.07) is 0. The highest BCUT2D eigenvalue weighted by Gasteiger charge is 2.52. The van der Waals surface area contributed by atoms with Crippen LogP contribution in [0.4, 0.5) is 0 Å². The van der Waals surface area contributed by atoms with E-state index in [9.17, 15) is 0 Å². The van der Waals surface area contributed by atoms with Crippen LogP contribution in [0.15, 0.2) is 23.9 Å². The van der Waals surface area contributed by atoms with E-state index in [1.54, 1.807) is 6.08 Å². The van der Waals surface area contributed by atoms with Crippen LogP contribution >= 0.6 is 0 Å². The standard InChI is InChI=1S/C12H23BN2O2/c1-8-9(10(14)15(6)7)13-16-11(2,3)12(4,5)17-13/h8H,1,14H2,2-7H3/b10-9+. The third kappa shape index (κ3) is 2.50. The number of allylic oxidation sites excluding steroid dienone is 2. The van der Waals surface area contributed by atoms with Crippen LogP contribution in [0, 0.1) is 0 Å². The highest BCUT2D eigenvalue weighted by Crippen LogP contribution is 2.38. The third-order valence-corrected chi connectivity index (χ3v) is 3.50. The van der Waals surface area contributed by atoms with Crippen LogP contribution in [0.1, 0.15) is 27.7 Å². The summed E-state index contributed by atoms with van der Waals surface area (Å²) in [6.07, 6.45) is 1.69. The molecule has 0 aromatic rings. The van der Waals surface area contributed by atoms with Gasteiger partial charge in [-0.3, -0.25) is 0 Å². The van der Waals surface area contributed by atoms with Gasteiger partial charge in [0.2, 0.25) is 0 Å². The molecule has 0 amide bonds. The van der Waals surface area contributed by atoms with Crippen molar-refractivity contribution < 1.29 is 9.31 Å². The second-order valence-electron chi connectivity index (χ2n) is 5.53. The number of hydrogen-bond acceptors (Lipinski definition) is 4. The Morgan fingerprint density at radius 1 is 1.18 bits per heavy atom. The molecule has 96 valence electrons. The van der Waals surface area contributed by atoms with Gasteiger partial charge in [-0.15, -0.1) is 0 Å². The van der Waals surface area contributed by atoms with Gasteiger partial charge in [-0.1, -0.05) is 12.7 Å². The van der Waals surface area contributed by atoms with E-state index in [4.69, 9.17) is 15.0 Å². The van der Waals surface area contributed by atoms with Gasteiger partial charge in [0.05, 0.1) is 17.0 Å². The van der Waals surface area contributed by atoms with Crippen molar-refractivity contribution in [1.82, 2.24) is 4.90 Å². The molecule has 0 aromatic carbocycles. The van der Waals surface area contributed by atoms with Crippen molar-refractivity contribution in [3.8, 4) is 0 Å². The first-order chi connectivity index (χ1) is 7.62. The predicted octanol–water partition coefficient (Wildman–Crippen LogP) is 1.54. The maximum Gasteiger partial charge on any atom is 0.498 e. The van der Waals surface area contributed by atoms with Crippen molar-refractivity contribution in [1.29, 1.82) is 0 Å². The minimum Gasteiger partial charge on any atom is -0.399 e.